The summed E-state index contributed by atoms with van der Waals surface area (Å²) in [5, 5.41) is 8.19. The second-order valence-corrected chi connectivity index (χ2v) is 5.17. The molecule has 0 saturated heterocycles. The molecule has 0 aromatic carbocycles. The Morgan fingerprint density at radius 3 is 2.72 bits per heavy atom. The summed E-state index contributed by atoms with van der Waals surface area (Å²) in [6.07, 6.45) is 5.43. The molecule has 1 aromatic rings. The maximum absolute atomic E-state index is 12.3. The summed E-state index contributed by atoms with van der Waals surface area (Å²) in [6.45, 7) is 6.39. The molecule has 5 nitrogen and oxygen atoms in total. The third-order valence-corrected chi connectivity index (χ3v) is 3.68. The predicted octanol–water partition coefficient (Wildman–Crippen LogP) is 2.23. The summed E-state index contributed by atoms with van der Waals surface area (Å²) >= 11 is 0. The van der Waals surface area contributed by atoms with Crippen molar-refractivity contribution in [2.45, 2.75) is 57.9 Å². The van der Waals surface area contributed by atoms with Crippen LogP contribution in [0.3, 0.4) is 0 Å². The minimum absolute atomic E-state index is 0.141. The third kappa shape index (κ3) is 2.02. The fourth-order valence-corrected chi connectivity index (χ4v) is 2.73. The van der Waals surface area contributed by atoms with Crippen LogP contribution in [0.15, 0.2) is 6.33 Å². The highest BCUT2D eigenvalue weighted by Gasteiger charge is 2.48. The van der Waals surface area contributed by atoms with Gasteiger partial charge >= 0.3 is 5.97 Å². The molecule has 18 heavy (non-hydrogen) atoms. The van der Waals surface area contributed by atoms with Crippen LogP contribution >= 0.6 is 0 Å². The van der Waals surface area contributed by atoms with Gasteiger partial charge in [0, 0.05) is 6.04 Å². The van der Waals surface area contributed by atoms with Gasteiger partial charge in [0.05, 0.1) is 6.61 Å². The number of carbonyl (C=O) groups excluding carboxylic acids is 1. The van der Waals surface area contributed by atoms with Crippen LogP contribution in [0.1, 0.15) is 58.3 Å². The number of nitrogens with zero attached hydrogens (tertiary/aromatic N) is 3. The molecule has 1 saturated carbocycles. The van der Waals surface area contributed by atoms with E-state index in [0.29, 0.717) is 6.61 Å². The summed E-state index contributed by atoms with van der Waals surface area (Å²) in [4.78, 5) is 12.3. The van der Waals surface area contributed by atoms with Crippen LogP contribution in [-0.2, 0) is 14.9 Å². The van der Waals surface area contributed by atoms with E-state index in [2.05, 4.69) is 24.0 Å². The SMILES string of the molecule is CCOC(=O)C1(c2nncn2C(C)C)CCCC1. The number of hydrogen-bond acceptors (Lipinski definition) is 4. The van der Waals surface area contributed by atoms with Crippen molar-refractivity contribution < 1.29 is 9.53 Å². The fourth-order valence-electron chi connectivity index (χ4n) is 2.73. The fraction of sp³-hybridized carbons (Fsp3) is 0.769. The van der Waals surface area contributed by atoms with E-state index in [1.165, 1.54) is 0 Å². The van der Waals surface area contributed by atoms with Crippen LogP contribution in [0.25, 0.3) is 0 Å². The van der Waals surface area contributed by atoms with Crippen LogP contribution in [0.2, 0.25) is 0 Å². The van der Waals surface area contributed by atoms with Gasteiger partial charge in [0.15, 0.2) is 5.82 Å². The lowest BCUT2D eigenvalue weighted by atomic mass is 9.85. The molecular formula is C13H21N3O2. The summed E-state index contributed by atoms with van der Waals surface area (Å²) in [6, 6.07) is 0.252. The van der Waals surface area contributed by atoms with Crippen LogP contribution in [0.4, 0.5) is 0 Å². The van der Waals surface area contributed by atoms with Crippen LogP contribution < -0.4 is 0 Å². The number of hydrogen-bond donors (Lipinski definition) is 0. The van der Waals surface area contributed by atoms with Crippen molar-refractivity contribution in [2.75, 3.05) is 6.61 Å². The Hall–Kier alpha value is -1.39. The first-order valence-electron chi connectivity index (χ1n) is 6.69. The number of ether oxygens (including phenoxy) is 1. The van der Waals surface area contributed by atoms with Gasteiger partial charge in [-0.1, -0.05) is 12.8 Å². The van der Waals surface area contributed by atoms with E-state index in [1.54, 1.807) is 6.33 Å². The van der Waals surface area contributed by atoms with E-state index in [-0.39, 0.29) is 12.0 Å². The van der Waals surface area contributed by atoms with Crippen molar-refractivity contribution in [3.63, 3.8) is 0 Å². The van der Waals surface area contributed by atoms with E-state index in [4.69, 9.17) is 4.74 Å². The average Bonchev–Trinajstić information content (AvgIpc) is 2.99. The molecule has 0 aliphatic heterocycles. The third-order valence-electron chi connectivity index (χ3n) is 3.68. The molecule has 1 heterocycles. The monoisotopic (exact) mass is 251 g/mol. The van der Waals surface area contributed by atoms with E-state index < -0.39 is 5.41 Å². The molecule has 0 N–H and O–H groups in total. The summed E-state index contributed by atoms with van der Waals surface area (Å²) in [5.41, 5.74) is -0.573. The Balaban J connectivity index is 2.41. The largest absolute Gasteiger partial charge is 0.465 e. The molecule has 1 aromatic heterocycles. The molecular weight excluding hydrogens is 230 g/mol. The Morgan fingerprint density at radius 2 is 2.17 bits per heavy atom. The van der Waals surface area contributed by atoms with Gasteiger partial charge in [0.1, 0.15) is 11.7 Å². The lowest BCUT2D eigenvalue weighted by Gasteiger charge is -2.27. The van der Waals surface area contributed by atoms with Gasteiger partial charge in [0.25, 0.3) is 0 Å². The van der Waals surface area contributed by atoms with Gasteiger partial charge in [0.2, 0.25) is 0 Å². The predicted molar refractivity (Wildman–Crippen MR) is 67.2 cm³/mol. The van der Waals surface area contributed by atoms with Crippen molar-refractivity contribution in [1.82, 2.24) is 14.8 Å². The topological polar surface area (TPSA) is 57.0 Å². The molecule has 1 aliphatic rings. The zero-order chi connectivity index (χ0) is 13.2. The van der Waals surface area contributed by atoms with Gasteiger partial charge in [-0.2, -0.15) is 0 Å². The molecule has 2 rings (SSSR count). The molecule has 0 spiro atoms. The van der Waals surface area contributed by atoms with Crippen LogP contribution in [0.5, 0.6) is 0 Å². The van der Waals surface area contributed by atoms with Gasteiger partial charge in [-0.15, -0.1) is 10.2 Å². The van der Waals surface area contributed by atoms with Crippen molar-refractivity contribution in [2.24, 2.45) is 0 Å². The molecule has 1 aliphatic carbocycles. The summed E-state index contributed by atoms with van der Waals surface area (Å²) < 4.78 is 7.26. The Kier molecular flexibility index (Phi) is 3.68. The van der Waals surface area contributed by atoms with Crippen molar-refractivity contribution in [3.8, 4) is 0 Å². The number of rotatable bonds is 4. The molecule has 0 amide bonds. The van der Waals surface area contributed by atoms with E-state index >= 15 is 0 Å². The zero-order valence-corrected chi connectivity index (χ0v) is 11.3. The zero-order valence-electron chi connectivity index (χ0n) is 11.3. The van der Waals surface area contributed by atoms with Gasteiger partial charge in [-0.05, 0) is 33.6 Å². The first-order valence-corrected chi connectivity index (χ1v) is 6.69. The molecule has 0 radical (unpaired) electrons. The molecule has 100 valence electrons. The minimum Gasteiger partial charge on any atom is -0.465 e. The highest BCUT2D eigenvalue weighted by atomic mass is 16.5. The molecule has 0 bridgehead atoms. The first kappa shape index (κ1) is 13.1. The lowest BCUT2D eigenvalue weighted by Crippen LogP contribution is -2.38. The Bertz CT molecular complexity index is 420. The maximum Gasteiger partial charge on any atom is 0.319 e. The second kappa shape index (κ2) is 5.08. The molecule has 0 unspecified atom stereocenters. The molecule has 0 atom stereocenters. The highest BCUT2D eigenvalue weighted by Crippen LogP contribution is 2.41. The van der Waals surface area contributed by atoms with Gasteiger partial charge in [-0.25, -0.2) is 0 Å². The van der Waals surface area contributed by atoms with Crippen molar-refractivity contribution in [1.29, 1.82) is 0 Å². The lowest BCUT2D eigenvalue weighted by molar-refractivity contribution is -0.150. The van der Waals surface area contributed by atoms with Gasteiger partial charge in [-0.3, -0.25) is 4.79 Å². The van der Waals surface area contributed by atoms with E-state index in [0.717, 1.165) is 31.5 Å². The first-order chi connectivity index (χ1) is 8.62. The van der Waals surface area contributed by atoms with Crippen molar-refractivity contribution in [3.05, 3.63) is 12.2 Å². The summed E-state index contributed by atoms with van der Waals surface area (Å²) in [7, 11) is 0. The van der Waals surface area contributed by atoms with Crippen LogP contribution in [0, 0.1) is 0 Å². The minimum atomic E-state index is -0.573. The second-order valence-electron chi connectivity index (χ2n) is 5.17. The smallest absolute Gasteiger partial charge is 0.319 e. The molecule has 1 fully saturated rings. The van der Waals surface area contributed by atoms with Crippen LogP contribution in [-0.4, -0.2) is 27.3 Å². The standard InChI is InChI=1S/C13H21N3O2/c1-4-18-12(17)13(7-5-6-8-13)11-15-14-9-16(11)10(2)3/h9-10H,4-8H2,1-3H3. The average molecular weight is 251 g/mol. The molecule has 5 heteroatoms. The van der Waals surface area contributed by atoms with E-state index in [1.807, 2.05) is 11.5 Å². The van der Waals surface area contributed by atoms with Crippen molar-refractivity contribution >= 4 is 5.97 Å². The quantitative estimate of drug-likeness (QED) is 0.770. The van der Waals surface area contributed by atoms with Gasteiger partial charge < -0.3 is 9.30 Å². The Morgan fingerprint density at radius 1 is 1.50 bits per heavy atom. The number of carbonyl (C=O) groups is 1. The summed E-state index contributed by atoms with van der Waals surface area (Å²) in [5.74, 6) is 0.630. The number of aromatic nitrogens is 3. The highest BCUT2D eigenvalue weighted by molar-refractivity contribution is 5.82. The normalized spacial score (nSPS) is 18.2. The maximum atomic E-state index is 12.3. The Labute approximate surface area is 108 Å². The number of esters is 1. The van der Waals surface area contributed by atoms with E-state index in [9.17, 15) is 4.79 Å².